The number of nitrogens with zero attached hydrogens (tertiary/aromatic N) is 1. The van der Waals surface area contributed by atoms with Crippen molar-refractivity contribution in [2.75, 3.05) is 4.90 Å². The van der Waals surface area contributed by atoms with Crippen molar-refractivity contribution >= 4 is 75.1 Å². The third kappa shape index (κ3) is 3.72. The molecule has 0 radical (unpaired) electrons. The van der Waals surface area contributed by atoms with Gasteiger partial charge in [0.1, 0.15) is 0 Å². The van der Waals surface area contributed by atoms with E-state index in [4.69, 9.17) is 40.5 Å². The molecule has 0 aromatic heterocycles. The Morgan fingerprint density at radius 3 is 2.44 bits per heavy atom. The van der Waals surface area contributed by atoms with E-state index in [9.17, 15) is 9.59 Å². The molecule has 1 heterocycles. The molecule has 1 saturated heterocycles. The molecule has 2 aromatic carbocycles. The maximum atomic E-state index is 12.7. The number of benzene rings is 2. The van der Waals surface area contributed by atoms with Gasteiger partial charge in [-0.3, -0.25) is 9.69 Å². The smallest absolute Gasteiger partial charge is 0.335 e. The van der Waals surface area contributed by atoms with E-state index in [1.54, 1.807) is 36.4 Å². The number of carboxylic acid groups (broad SMARTS) is 1. The second-order valence-corrected chi connectivity index (χ2v) is 7.56. The second kappa shape index (κ2) is 7.17. The van der Waals surface area contributed by atoms with Gasteiger partial charge in [0.05, 0.1) is 21.2 Å². The Morgan fingerprint density at radius 1 is 1.16 bits per heavy atom. The van der Waals surface area contributed by atoms with E-state index in [1.165, 1.54) is 17.0 Å². The fourth-order valence-electron chi connectivity index (χ4n) is 2.21. The van der Waals surface area contributed by atoms with Gasteiger partial charge in [-0.1, -0.05) is 59.3 Å². The van der Waals surface area contributed by atoms with E-state index in [1.807, 2.05) is 0 Å². The van der Waals surface area contributed by atoms with Crippen molar-refractivity contribution in [1.29, 1.82) is 0 Å². The molecule has 0 bridgehead atoms. The Bertz CT molecular complexity index is 926. The monoisotopic (exact) mass is 409 g/mol. The van der Waals surface area contributed by atoms with Crippen molar-refractivity contribution in [3.05, 3.63) is 68.5 Å². The number of anilines is 1. The Hall–Kier alpha value is -1.86. The van der Waals surface area contributed by atoms with Gasteiger partial charge < -0.3 is 5.11 Å². The highest BCUT2D eigenvalue weighted by Crippen LogP contribution is 2.39. The van der Waals surface area contributed by atoms with Crippen LogP contribution in [0.5, 0.6) is 0 Å². The lowest BCUT2D eigenvalue weighted by molar-refractivity contribution is -0.113. The predicted molar refractivity (Wildman–Crippen MR) is 106 cm³/mol. The van der Waals surface area contributed by atoms with Crippen LogP contribution in [-0.4, -0.2) is 21.3 Å². The van der Waals surface area contributed by atoms with E-state index < -0.39 is 5.97 Å². The molecule has 0 atom stereocenters. The minimum absolute atomic E-state index is 0.178. The molecule has 0 unspecified atom stereocenters. The number of aromatic carboxylic acids is 1. The van der Waals surface area contributed by atoms with Crippen molar-refractivity contribution < 1.29 is 14.7 Å². The largest absolute Gasteiger partial charge is 0.478 e. The summed E-state index contributed by atoms with van der Waals surface area (Å²) in [5.41, 5.74) is 1.35. The fraction of sp³-hybridized carbons (Fsp3) is 0. The van der Waals surface area contributed by atoms with Crippen LogP contribution in [0.2, 0.25) is 10.0 Å². The molecule has 4 nitrogen and oxygen atoms in total. The van der Waals surface area contributed by atoms with Gasteiger partial charge in [0.25, 0.3) is 5.91 Å². The number of carbonyl (C=O) groups excluding carboxylic acids is 1. The number of amides is 1. The van der Waals surface area contributed by atoms with Crippen LogP contribution in [0.3, 0.4) is 0 Å². The van der Waals surface area contributed by atoms with Gasteiger partial charge in [-0.05, 0) is 42.0 Å². The summed E-state index contributed by atoms with van der Waals surface area (Å²) >= 11 is 18.5. The lowest BCUT2D eigenvalue weighted by Gasteiger charge is -2.16. The van der Waals surface area contributed by atoms with Crippen LogP contribution in [0.1, 0.15) is 15.9 Å². The number of thioether (sulfide) groups is 1. The van der Waals surface area contributed by atoms with Crippen molar-refractivity contribution in [1.82, 2.24) is 0 Å². The molecule has 1 N–H and O–H groups in total. The third-order valence-electron chi connectivity index (χ3n) is 3.40. The molecule has 8 heteroatoms. The lowest BCUT2D eigenvalue weighted by atomic mass is 10.1. The summed E-state index contributed by atoms with van der Waals surface area (Å²) in [6.45, 7) is 0. The summed E-state index contributed by atoms with van der Waals surface area (Å²) < 4.78 is 0.364. The van der Waals surface area contributed by atoms with Gasteiger partial charge in [-0.15, -0.1) is 0 Å². The minimum atomic E-state index is -1.00. The Morgan fingerprint density at radius 2 is 1.84 bits per heavy atom. The number of hydrogen-bond donors (Lipinski definition) is 1. The highest BCUT2D eigenvalue weighted by molar-refractivity contribution is 8.27. The van der Waals surface area contributed by atoms with E-state index >= 15 is 0 Å². The Kier molecular flexibility index (Phi) is 5.15. The first-order valence-electron chi connectivity index (χ1n) is 6.93. The molecular weight excluding hydrogens is 401 g/mol. The topological polar surface area (TPSA) is 57.6 Å². The summed E-state index contributed by atoms with van der Waals surface area (Å²) in [6.07, 6.45) is 1.66. The number of hydrogen-bond acceptors (Lipinski definition) is 4. The molecule has 25 heavy (non-hydrogen) atoms. The summed E-state index contributed by atoms with van der Waals surface area (Å²) in [6, 6.07) is 11.0. The van der Waals surface area contributed by atoms with Crippen molar-refractivity contribution in [3.8, 4) is 0 Å². The van der Waals surface area contributed by atoms with Gasteiger partial charge in [0.2, 0.25) is 0 Å². The molecule has 1 fully saturated rings. The van der Waals surface area contributed by atoms with E-state index in [0.29, 0.717) is 30.5 Å². The molecule has 1 aliphatic heterocycles. The zero-order chi connectivity index (χ0) is 18.1. The Balaban J connectivity index is 1.91. The van der Waals surface area contributed by atoms with Crippen LogP contribution < -0.4 is 4.90 Å². The van der Waals surface area contributed by atoms with E-state index in [0.717, 1.165) is 11.8 Å². The SMILES string of the molecule is O=C(O)c1ccc(/C=C2/SC(=S)N(c3ccc(Cl)cc3Cl)C2=O)cc1. The maximum Gasteiger partial charge on any atom is 0.335 e. The quantitative estimate of drug-likeness (QED) is 0.564. The van der Waals surface area contributed by atoms with Crippen LogP contribution in [0.4, 0.5) is 5.69 Å². The molecule has 1 aliphatic rings. The number of carboxylic acids is 1. The number of thiocarbonyl (C=S) groups is 1. The molecule has 0 spiro atoms. The predicted octanol–water partition coefficient (Wildman–Crippen LogP) is 5.10. The third-order valence-corrected chi connectivity index (χ3v) is 5.24. The summed E-state index contributed by atoms with van der Waals surface area (Å²) in [4.78, 5) is 25.4. The molecule has 1 amide bonds. The second-order valence-electron chi connectivity index (χ2n) is 5.04. The number of rotatable bonds is 3. The first-order chi connectivity index (χ1) is 11.9. The molecular formula is C17H9Cl2NO3S2. The van der Waals surface area contributed by atoms with Crippen LogP contribution in [0.15, 0.2) is 47.4 Å². The zero-order valence-corrected chi connectivity index (χ0v) is 15.5. The molecule has 2 aromatic rings. The minimum Gasteiger partial charge on any atom is -0.478 e. The normalized spacial score (nSPS) is 15.9. The average molecular weight is 410 g/mol. The van der Waals surface area contributed by atoms with Gasteiger partial charge in [0, 0.05) is 5.02 Å². The summed E-state index contributed by atoms with van der Waals surface area (Å²) in [5.74, 6) is -1.29. The summed E-state index contributed by atoms with van der Waals surface area (Å²) in [5, 5.41) is 9.72. The van der Waals surface area contributed by atoms with Crippen molar-refractivity contribution in [2.24, 2.45) is 0 Å². The van der Waals surface area contributed by atoms with Gasteiger partial charge in [-0.2, -0.15) is 0 Å². The summed E-state index contributed by atoms with van der Waals surface area (Å²) in [7, 11) is 0. The first kappa shape index (κ1) is 17.9. The number of carbonyl (C=O) groups is 2. The van der Waals surface area contributed by atoms with Gasteiger partial charge in [0.15, 0.2) is 4.32 Å². The van der Waals surface area contributed by atoms with Crippen LogP contribution in [0, 0.1) is 0 Å². The Labute approximate surface area is 163 Å². The van der Waals surface area contributed by atoms with E-state index in [-0.39, 0.29) is 11.5 Å². The molecule has 0 aliphatic carbocycles. The van der Waals surface area contributed by atoms with Crippen LogP contribution in [-0.2, 0) is 4.79 Å². The average Bonchev–Trinajstić information content (AvgIpc) is 2.82. The van der Waals surface area contributed by atoms with Crippen LogP contribution in [0.25, 0.3) is 6.08 Å². The van der Waals surface area contributed by atoms with Crippen molar-refractivity contribution in [2.45, 2.75) is 0 Å². The van der Waals surface area contributed by atoms with Gasteiger partial charge in [-0.25, -0.2) is 4.79 Å². The standard InChI is InChI=1S/C17H9Cl2NO3S2/c18-11-5-6-13(12(19)8-11)20-15(21)14(25-17(20)24)7-9-1-3-10(4-2-9)16(22)23/h1-8H,(H,22,23)/b14-7+. The fourth-order valence-corrected chi connectivity index (χ4v) is 3.99. The molecule has 3 rings (SSSR count). The first-order valence-corrected chi connectivity index (χ1v) is 8.91. The maximum absolute atomic E-state index is 12.7. The van der Waals surface area contributed by atoms with Crippen molar-refractivity contribution in [3.63, 3.8) is 0 Å². The van der Waals surface area contributed by atoms with Crippen LogP contribution >= 0.6 is 47.2 Å². The lowest BCUT2D eigenvalue weighted by Crippen LogP contribution is -2.27. The highest BCUT2D eigenvalue weighted by Gasteiger charge is 2.34. The number of halogens is 2. The highest BCUT2D eigenvalue weighted by atomic mass is 35.5. The zero-order valence-electron chi connectivity index (χ0n) is 12.4. The van der Waals surface area contributed by atoms with Gasteiger partial charge >= 0.3 is 5.97 Å². The molecule has 126 valence electrons. The van der Waals surface area contributed by atoms with E-state index in [2.05, 4.69) is 0 Å². The molecule has 0 saturated carbocycles.